The average molecular weight is 131 g/mol. The first-order chi connectivity index (χ1) is 4.16. The number of carbonyl (C=O) groups is 2. The lowest BCUT2D eigenvalue weighted by Gasteiger charge is -1.94. The van der Waals surface area contributed by atoms with Crippen LogP contribution >= 0.6 is 0 Å². The fraction of sp³-hybridized carbons (Fsp3) is 0.400. The van der Waals surface area contributed by atoms with Gasteiger partial charge in [-0.05, 0) is 0 Å². The van der Waals surface area contributed by atoms with Gasteiger partial charge in [-0.15, -0.1) is 0 Å². The number of hydrogen-bond donors (Lipinski definition) is 1. The summed E-state index contributed by atoms with van der Waals surface area (Å²) in [7, 11) is 0. The fourth-order valence-electron chi connectivity index (χ4n) is 0.199. The van der Waals surface area contributed by atoms with E-state index in [-0.39, 0.29) is 6.42 Å². The van der Waals surface area contributed by atoms with Gasteiger partial charge in [0.15, 0.2) is 0 Å². The van der Waals surface area contributed by atoms with E-state index in [2.05, 4.69) is 4.74 Å². The van der Waals surface area contributed by atoms with Crippen LogP contribution in [-0.4, -0.2) is 17.0 Å². The molecule has 0 saturated carbocycles. The van der Waals surface area contributed by atoms with E-state index in [1.807, 2.05) is 0 Å². The Hall–Kier alpha value is -1.06. The van der Waals surface area contributed by atoms with Crippen LogP contribution in [0.3, 0.4) is 0 Å². The first kappa shape index (κ1) is 7.94. The van der Waals surface area contributed by atoms with E-state index in [1.54, 1.807) is 6.92 Å². The lowest BCUT2D eigenvalue weighted by Crippen LogP contribution is -2.05. The number of carbonyl (C=O) groups excluding carboxylic acids is 1. The summed E-state index contributed by atoms with van der Waals surface area (Å²) >= 11 is 0. The minimum absolute atomic E-state index is 0.184. The highest BCUT2D eigenvalue weighted by Gasteiger charge is 2.02. The van der Waals surface area contributed by atoms with Gasteiger partial charge in [0.25, 0.3) is 0 Å². The summed E-state index contributed by atoms with van der Waals surface area (Å²) in [5.41, 5.74) is 0. The molecule has 0 aromatic carbocycles. The number of rotatable bonds is 3. The number of esters is 1. The van der Waals surface area contributed by atoms with Gasteiger partial charge in [-0.2, -0.15) is 0 Å². The average Bonchev–Trinajstić information content (AvgIpc) is 1.83. The van der Waals surface area contributed by atoms with Crippen molar-refractivity contribution in [2.45, 2.75) is 13.3 Å². The van der Waals surface area contributed by atoms with Crippen molar-refractivity contribution >= 4 is 11.9 Å². The molecule has 1 radical (unpaired) electrons. The Kier molecular flexibility index (Phi) is 3.43. The molecule has 0 aliphatic rings. The molecule has 0 rings (SSSR count). The van der Waals surface area contributed by atoms with Crippen molar-refractivity contribution in [3.05, 3.63) is 6.61 Å². The predicted octanol–water partition coefficient (Wildman–Crippen LogP) is 0.186. The van der Waals surface area contributed by atoms with Gasteiger partial charge in [0.1, 0.15) is 0 Å². The zero-order valence-electron chi connectivity index (χ0n) is 4.96. The molecule has 0 unspecified atom stereocenters. The standard InChI is InChI=1S/C5H7O4/c1-2-5(8)9-3-4(6)7/h3H,2H2,1H3,(H,6,7). The van der Waals surface area contributed by atoms with Gasteiger partial charge < -0.3 is 9.84 Å². The van der Waals surface area contributed by atoms with E-state index >= 15 is 0 Å². The van der Waals surface area contributed by atoms with Gasteiger partial charge >= 0.3 is 11.9 Å². The highest BCUT2D eigenvalue weighted by atomic mass is 16.5. The number of aliphatic carboxylic acids is 1. The molecular weight excluding hydrogens is 124 g/mol. The summed E-state index contributed by atoms with van der Waals surface area (Å²) in [6.45, 7) is 2.05. The Morgan fingerprint density at radius 3 is 2.56 bits per heavy atom. The van der Waals surface area contributed by atoms with Crippen LogP contribution in [0.15, 0.2) is 0 Å². The normalized spacial score (nSPS) is 8.56. The Morgan fingerprint density at radius 2 is 2.22 bits per heavy atom. The molecule has 0 spiro atoms. The third kappa shape index (κ3) is 4.80. The predicted molar refractivity (Wildman–Crippen MR) is 28.3 cm³/mol. The summed E-state index contributed by atoms with van der Waals surface area (Å²) in [4.78, 5) is 19.9. The fourth-order valence-corrected chi connectivity index (χ4v) is 0.199. The molecular formula is C5H7O4. The lowest BCUT2D eigenvalue weighted by atomic mass is 10.5. The summed E-state index contributed by atoms with van der Waals surface area (Å²) in [5.74, 6) is -1.80. The zero-order chi connectivity index (χ0) is 7.28. The Morgan fingerprint density at radius 1 is 1.67 bits per heavy atom. The monoisotopic (exact) mass is 131 g/mol. The third-order valence-corrected chi connectivity index (χ3v) is 0.580. The molecule has 0 bridgehead atoms. The molecule has 0 fully saturated rings. The smallest absolute Gasteiger partial charge is 0.349 e. The topological polar surface area (TPSA) is 63.6 Å². The molecule has 1 N–H and O–H groups in total. The molecule has 0 amide bonds. The SMILES string of the molecule is CCC(=O)O[CH]C(=O)O. The van der Waals surface area contributed by atoms with Crippen molar-refractivity contribution in [3.63, 3.8) is 0 Å². The van der Waals surface area contributed by atoms with E-state index in [4.69, 9.17) is 5.11 Å². The van der Waals surface area contributed by atoms with Gasteiger partial charge in [-0.1, -0.05) is 6.92 Å². The maximum absolute atomic E-state index is 10.2. The third-order valence-electron chi connectivity index (χ3n) is 0.580. The maximum atomic E-state index is 10.2. The number of hydrogen-bond acceptors (Lipinski definition) is 3. The first-order valence-electron chi connectivity index (χ1n) is 2.42. The van der Waals surface area contributed by atoms with Gasteiger partial charge in [-0.25, -0.2) is 4.79 Å². The molecule has 0 aromatic heterocycles. The minimum Gasteiger partial charge on any atom is -0.478 e. The van der Waals surface area contributed by atoms with E-state index in [9.17, 15) is 9.59 Å². The second-order valence-electron chi connectivity index (χ2n) is 1.30. The largest absolute Gasteiger partial charge is 0.478 e. The lowest BCUT2D eigenvalue weighted by molar-refractivity contribution is -0.149. The quantitative estimate of drug-likeness (QED) is 0.555. The summed E-state index contributed by atoms with van der Waals surface area (Å²) in [6.07, 6.45) is 0.184. The number of carboxylic acids is 1. The molecule has 0 atom stereocenters. The van der Waals surface area contributed by atoms with Crippen LogP contribution in [0.5, 0.6) is 0 Å². The molecule has 9 heavy (non-hydrogen) atoms. The van der Waals surface area contributed by atoms with Crippen LogP contribution in [-0.2, 0) is 14.3 Å². The van der Waals surface area contributed by atoms with Crippen LogP contribution in [0.1, 0.15) is 13.3 Å². The first-order valence-corrected chi connectivity index (χ1v) is 2.42. The highest BCUT2D eigenvalue weighted by Crippen LogP contribution is 1.86. The Labute approximate surface area is 52.4 Å². The second-order valence-corrected chi connectivity index (χ2v) is 1.30. The van der Waals surface area contributed by atoms with Gasteiger partial charge in [-0.3, -0.25) is 4.79 Å². The van der Waals surface area contributed by atoms with Gasteiger partial charge in [0.2, 0.25) is 6.61 Å². The van der Waals surface area contributed by atoms with Crippen LogP contribution in [0, 0.1) is 6.61 Å². The number of ether oxygens (including phenoxy) is 1. The van der Waals surface area contributed by atoms with Crippen molar-refractivity contribution in [1.29, 1.82) is 0 Å². The van der Waals surface area contributed by atoms with Crippen molar-refractivity contribution in [2.24, 2.45) is 0 Å². The minimum atomic E-state index is -1.25. The van der Waals surface area contributed by atoms with E-state index in [0.29, 0.717) is 6.61 Å². The molecule has 0 aliphatic carbocycles. The molecule has 0 heterocycles. The van der Waals surface area contributed by atoms with Gasteiger partial charge in [0.05, 0.1) is 0 Å². The molecule has 0 aromatic rings. The second kappa shape index (κ2) is 3.88. The van der Waals surface area contributed by atoms with Crippen LogP contribution in [0.25, 0.3) is 0 Å². The zero-order valence-corrected chi connectivity index (χ0v) is 4.96. The van der Waals surface area contributed by atoms with E-state index < -0.39 is 11.9 Å². The summed E-state index contributed by atoms with van der Waals surface area (Å²) in [6, 6.07) is 0. The van der Waals surface area contributed by atoms with Crippen molar-refractivity contribution < 1.29 is 19.4 Å². The molecule has 51 valence electrons. The Balaban J connectivity index is 3.28. The van der Waals surface area contributed by atoms with E-state index in [0.717, 1.165) is 0 Å². The number of carboxylic acid groups (broad SMARTS) is 1. The summed E-state index contributed by atoms with van der Waals surface area (Å²) < 4.78 is 4.09. The van der Waals surface area contributed by atoms with Crippen molar-refractivity contribution in [1.82, 2.24) is 0 Å². The molecule has 0 aliphatic heterocycles. The van der Waals surface area contributed by atoms with E-state index in [1.165, 1.54) is 0 Å². The summed E-state index contributed by atoms with van der Waals surface area (Å²) in [5, 5.41) is 7.93. The Bertz CT molecular complexity index is 118. The molecule has 0 saturated heterocycles. The highest BCUT2D eigenvalue weighted by molar-refractivity contribution is 5.79. The van der Waals surface area contributed by atoms with Crippen LogP contribution in [0.4, 0.5) is 0 Å². The van der Waals surface area contributed by atoms with Crippen LogP contribution in [0.2, 0.25) is 0 Å². The molecule has 4 nitrogen and oxygen atoms in total. The van der Waals surface area contributed by atoms with Crippen molar-refractivity contribution in [3.8, 4) is 0 Å². The van der Waals surface area contributed by atoms with Gasteiger partial charge in [0, 0.05) is 6.42 Å². The molecule has 4 heteroatoms. The maximum Gasteiger partial charge on any atom is 0.349 e. The van der Waals surface area contributed by atoms with Crippen molar-refractivity contribution in [2.75, 3.05) is 0 Å². The van der Waals surface area contributed by atoms with Crippen LogP contribution < -0.4 is 0 Å².